The topological polar surface area (TPSA) is 53.5 Å². The number of piperazine rings is 1. The van der Waals surface area contributed by atoms with Crippen LogP contribution in [0.3, 0.4) is 0 Å². The molecule has 2 heterocycles. The molecule has 0 unspecified atom stereocenters. The highest BCUT2D eigenvalue weighted by Crippen LogP contribution is 2.30. The van der Waals surface area contributed by atoms with E-state index in [9.17, 15) is 21.6 Å². The Balaban J connectivity index is 1.64. The Bertz CT molecular complexity index is 832. The van der Waals surface area contributed by atoms with Crippen LogP contribution < -0.4 is 0 Å². The normalized spacial score (nSPS) is 17.3. The van der Waals surface area contributed by atoms with Crippen molar-refractivity contribution in [1.29, 1.82) is 0 Å². The maximum absolute atomic E-state index is 12.6. The maximum atomic E-state index is 12.6. The third-order valence-corrected chi connectivity index (χ3v) is 6.19. The van der Waals surface area contributed by atoms with Crippen LogP contribution in [0.2, 0.25) is 0 Å². The molecule has 26 heavy (non-hydrogen) atoms. The molecule has 1 saturated heterocycles. The fourth-order valence-corrected chi connectivity index (χ4v) is 4.26. The minimum atomic E-state index is -4.49. The first-order valence-electron chi connectivity index (χ1n) is 8.05. The molecule has 0 spiro atoms. The number of sulfonamides is 1. The van der Waals surface area contributed by atoms with Gasteiger partial charge in [-0.1, -0.05) is 6.07 Å². The second kappa shape index (κ2) is 7.34. The molecule has 140 valence electrons. The molecule has 0 N–H and O–H groups in total. The summed E-state index contributed by atoms with van der Waals surface area (Å²) in [5.41, 5.74) is 0.185. The van der Waals surface area contributed by atoms with E-state index in [4.69, 9.17) is 0 Å². The summed E-state index contributed by atoms with van der Waals surface area (Å²) in [6.07, 6.45) is -1.02. The average Bonchev–Trinajstić information content (AvgIpc) is 2.62. The lowest BCUT2D eigenvalue weighted by Gasteiger charge is -2.34. The first kappa shape index (κ1) is 18.8. The molecule has 0 aliphatic carbocycles. The Morgan fingerprint density at radius 2 is 1.65 bits per heavy atom. The number of aromatic nitrogens is 1. The molecule has 1 aliphatic rings. The smallest absolute Gasteiger partial charge is 0.296 e. The molecule has 0 atom stereocenters. The van der Waals surface area contributed by atoms with Crippen LogP contribution in [0.1, 0.15) is 11.1 Å². The van der Waals surface area contributed by atoms with Crippen LogP contribution in [-0.2, 0) is 22.7 Å². The van der Waals surface area contributed by atoms with Crippen molar-refractivity contribution in [2.75, 3.05) is 26.2 Å². The van der Waals surface area contributed by atoms with E-state index in [1.54, 1.807) is 12.4 Å². The van der Waals surface area contributed by atoms with Gasteiger partial charge in [-0.15, -0.1) is 0 Å². The summed E-state index contributed by atoms with van der Waals surface area (Å²) in [6, 6.07) is 7.43. The van der Waals surface area contributed by atoms with Gasteiger partial charge in [0.15, 0.2) is 0 Å². The number of halogens is 3. The Morgan fingerprint density at radius 1 is 1.00 bits per heavy atom. The van der Waals surface area contributed by atoms with E-state index < -0.39 is 21.8 Å². The van der Waals surface area contributed by atoms with Gasteiger partial charge in [-0.2, -0.15) is 17.5 Å². The van der Waals surface area contributed by atoms with Gasteiger partial charge < -0.3 is 0 Å². The van der Waals surface area contributed by atoms with Crippen LogP contribution in [-0.4, -0.2) is 48.8 Å². The monoisotopic (exact) mass is 385 g/mol. The van der Waals surface area contributed by atoms with Crippen LogP contribution in [0.15, 0.2) is 53.7 Å². The third kappa shape index (κ3) is 4.22. The summed E-state index contributed by atoms with van der Waals surface area (Å²) in [5, 5.41) is 0. The first-order valence-corrected chi connectivity index (χ1v) is 9.49. The summed E-state index contributed by atoms with van der Waals surface area (Å²) in [4.78, 5) is 6.06. The zero-order valence-corrected chi connectivity index (χ0v) is 14.7. The fraction of sp³-hybridized carbons (Fsp3) is 0.353. The van der Waals surface area contributed by atoms with Crippen molar-refractivity contribution >= 4 is 10.0 Å². The lowest BCUT2D eigenvalue weighted by molar-refractivity contribution is -0.137. The minimum Gasteiger partial charge on any atom is -0.296 e. The number of pyridine rings is 1. The molecule has 5 nitrogen and oxygen atoms in total. The van der Waals surface area contributed by atoms with E-state index in [0.29, 0.717) is 32.7 Å². The van der Waals surface area contributed by atoms with Gasteiger partial charge in [-0.05, 0) is 35.9 Å². The van der Waals surface area contributed by atoms with Gasteiger partial charge in [-0.3, -0.25) is 9.88 Å². The van der Waals surface area contributed by atoms with Gasteiger partial charge in [0.05, 0.1) is 10.5 Å². The maximum Gasteiger partial charge on any atom is 0.416 e. The summed E-state index contributed by atoms with van der Waals surface area (Å²) < 4.78 is 64.4. The molecular formula is C17H18F3N3O2S. The summed E-state index contributed by atoms with van der Waals surface area (Å²) in [6.45, 7) is 2.37. The molecule has 2 aromatic rings. The molecule has 1 fully saturated rings. The zero-order valence-electron chi connectivity index (χ0n) is 13.9. The van der Waals surface area contributed by atoms with E-state index in [2.05, 4.69) is 9.88 Å². The number of alkyl halides is 3. The predicted octanol–water partition coefficient (Wildman–Crippen LogP) is 2.61. The standard InChI is InChI=1S/C17H18F3N3O2S/c18-17(19,20)15-3-5-16(6-4-15)26(24,25)23-10-8-22(9-11-23)13-14-2-1-7-21-12-14/h1-7,12H,8-11,13H2. The highest BCUT2D eigenvalue weighted by atomic mass is 32.2. The number of hydrogen-bond donors (Lipinski definition) is 0. The van der Waals surface area contributed by atoms with Crippen LogP contribution in [0.5, 0.6) is 0 Å². The second-order valence-corrected chi connectivity index (χ2v) is 8.00. The summed E-state index contributed by atoms with van der Waals surface area (Å²) >= 11 is 0. The largest absolute Gasteiger partial charge is 0.416 e. The highest BCUT2D eigenvalue weighted by Gasteiger charge is 2.32. The molecule has 9 heteroatoms. The van der Waals surface area contributed by atoms with Crippen molar-refractivity contribution in [2.45, 2.75) is 17.6 Å². The molecule has 0 bridgehead atoms. The molecule has 0 amide bonds. The van der Waals surface area contributed by atoms with Gasteiger partial charge in [0.1, 0.15) is 0 Å². The van der Waals surface area contributed by atoms with Crippen molar-refractivity contribution in [1.82, 2.24) is 14.2 Å². The van der Waals surface area contributed by atoms with E-state index in [-0.39, 0.29) is 4.90 Å². The van der Waals surface area contributed by atoms with Crippen molar-refractivity contribution in [2.24, 2.45) is 0 Å². The van der Waals surface area contributed by atoms with E-state index >= 15 is 0 Å². The number of nitrogens with zero attached hydrogens (tertiary/aromatic N) is 3. The molecule has 3 rings (SSSR count). The predicted molar refractivity (Wildman–Crippen MR) is 89.7 cm³/mol. The number of hydrogen-bond acceptors (Lipinski definition) is 4. The third-order valence-electron chi connectivity index (χ3n) is 4.28. The zero-order chi connectivity index (χ0) is 18.8. The van der Waals surface area contributed by atoms with Gasteiger partial charge in [-0.25, -0.2) is 8.42 Å². The van der Waals surface area contributed by atoms with Crippen molar-refractivity contribution < 1.29 is 21.6 Å². The van der Waals surface area contributed by atoms with Gasteiger partial charge in [0.2, 0.25) is 10.0 Å². The van der Waals surface area contributed by atoms with Crippen LogP contribution in [0.4, 0.5) is 13.2 Å². The summed E-state index contributed by atoms with van der Waals surface area (Å²) in [7, 11) is -3.79. The Morgan fingerprint density at radius 3 is 2.19 bits per heavy atom. The Hall–Kier alpha value is -1.97. The molecule has 0 saturated carbocycles. The lowest BCUT2D eigenvalue weighted by Crippen LogP contribution is -2.48. The molecule has 1 aromatic carbocycles. The Kier molecular flexibility index (Phi) is 5.31. The van der Waals surface area contributed by atoms with Gasteiger partial charge >= 0.3 is 6.18 Å². The van der Waals surface area contributed by atoms with Crippen LogP contribution in [0.25, 0.3) is 0 Å². The van der Waals surface area contributed by atoms with E-state index in [1.807, 2.05) is 12.1 Å². The van der Waals surface area contributed by atoms with Crippen molar-refractivity contribution in [3.8, 4) is 0 Å². The number of rotatable bonds is 4. The van der Waals surface area contributed by atoms with E-state index in [1.165, 1.54) is 4.31 Å². The average molecular weight is 385 g/mol. The SMILES string of the molecule is O=S(=O)(c1ccc(C(F)(F)F)cc1)N1CCN(Cc2cccnc2)CC1. The van der Waals surface area contributed by atoms with Crippen LogP contribution >= 0.6 is 0 Å². The molecule has 1 aliphatic heterocycles. The van der Waals surface area contributed by atoms with E-state index in [0.717, 1.165) is 29.8 Å². The van der Waals surface area contributed by atoms with Gasteiger partial charge in [0.25, 0.3) is 0 Å². The quantitative estimate of drug-likeness (QED) is 0.812. The molecular weight excluding hydrogens is 367 g/mol. The Labute approximate surface area is 150 Å². The van der Waals surface area contributed by atoms with Crippen LogP contribution in [0, 0.1) is 0 Å². The highest BCUT2D eigenvalue weighted by molar-refractivity contribution is 7.89. The van der Waals surface area contributed by atoms with Crippen molar-refractivity contribution in [3.63, 3.8) is 0 Å². The number of benzene rings is 1. The minimum absolute atomic E-state index is 0.119. The summed E-state index contributed by atoms with van der Waals surface area (Å²) in [5.74, 6) is 0. The van der Waals surface area contributed by atoms with Gasteiger partial charge in [0, 0.05) is 45.1 Å². The molecule has 0 radical (unpaired) electrons. The second-order valence-electron chi connectivity index (χ2n) is 6.06. The molecule has 1 aromatic heterocycles. The fourth-order valence-electron chi connectivity index (χ4n) is 2.84. The lowest BCUT2D eigenvalue weighted by atomic mass is 10.2. The first-order chi connectivity index (χ1) is 12.3. The van der Waals surface area contributed by atoms with Crippen molar-refractivity contribution in [3.05, 3.63) is 59.9 Å².